The number of anilines is 1. The van der Waals surface area contributed by atoms with Crippen LogP contribution in [0.25, 0.3) is 0 Å². The van der Waals surface area contributed by atoms with Crippen LogP contribution in [0.5, 0.6) is 5.75 Å². The number of nitriles is 1. The highest BCUT2D eigenvalue weighted by Crippen LogP contribution is 2.35. The maximum absolute atomic E-state index is 12.6. The highest BCUT2D eigenvalue weighted by molar-refractivity contribution is 5.93. The highest BCUT2D eigenvalue weighted by atomic mass is 19.4. The lowest BCUT2D eigenvalue weighted by molar-refractivity contribution is -0.153. The molecule has 0 aromatic heterocycles. The molecule has 0 bridgehead atoms. The molecule has 0 radical (unpaired) electrons. The average Bonchev–Trinajstić information content (AvgIpc) is 2.35. The number of hydrogen-bond donors (Lipinski definition) is 1. The second-order valence-corrected chi connectivity index (χ2v) is 4.00. The van der Waals surface area contributed by atoms with Crippen molar-refractivity contribution >= 4 is 11.6 Å². The number of nitrogens with zero attached hydrogens (tertiary/aromatic N) is 1. The molecule has 22 heavy (non-hydrogen) atoms. The Bertz CT molecular complexity index is 589. The van der Waals surface area contributed by atoms with E-state index in [0.717, 1.165) is 0 Å². The summed E-state index contributed by atoms with van der Waals surface area (Å²) >= 11 is 0. The van der Waals surface area contributed by atoms with Crippen molar-refractivity contribution in [1.29, 1.82) is 5.26 Å². The Morgan fingerprint density at radius 3 is 2.36 bits per heavy atom. The predicted octanol–water partition coefficient (Wildman–Crippen LogP) is 3.50. The van der Waals surface area contributed by atoms with Crippen LogP contribution in [0.15, 0.2) is 18.2 Å². The maximum Gasteiger partial charge on any atom is 0.422 e. The zero-order valence-corrected chi connectivity index (χ0v) is 10.7. The van der Waals surface area contributed by atoms with Gasteiger partial charge in [-0.05, 0) is 18.2 Å². The van der Waals surface area contributed by atoms with E-state index in [1.807, 2.05) is 5.32 Å². The lowest BCUT2D eigenvalue weighted by Crippen LogP contribution is -2.20. The van der Waals surface area contributed by atoms with Gasteiger partial charge in [0.25, 0.3) is 0 Å². The molecule has 1 N–H and O–H groups in total. The van der Waals surface area contributed by atoms with Crippen LogP contribution >= 0.6 is 0 Å². The minimum Gasteiger partial charge on any atom is -0.482 e. The maximum atomic E-state index is 12.6. The van der Waals surface area contributed by atoms with Gasteiger partial charge in [-0.25, -0.2) is 0 Å². The van der Waals surface area contributed by atoms with E-state index >= 15 is 0 Å². The van der Waals surface area contributed by atoms with Crippen LogP contribution in [0.4, 0.5) is 32.0 Å². The number of nitrogens with one attached hydrogen (secondary N) is 1. The number of benzene rings is 1. The molecule has 1 amide bonds. The second kappa shape index (κ2) is 6.55. The Morgan fingerprint density at radius 2 is 1.86 bits per heavy atom. The van der Waals surface area contributed by atoms with Crippen molar-refractivity contribution in [2.24, 2.45) is 0 Å². The van der Waals surface area contributed by atoms with Crippen LogP contribution < -0.4 is 10.1 Å². The molecule has 4 nitrogen and oxygen atoms in total. The Labute approximate surface area is 120 Å². The fourth-order valence-corrected chi connectivity index (χ4v) is 1.36. The van der Waals surface area contributed by atoms with Crippen molar-refractivity contribution < 1.29 is 35.9 Å². The van der Waals surface area contributed by atoms with Gasteiger partial charge in [0.1, 0.15) is 12.2 Å². The highest BCUT2D eigenvalue weighted by Gasteiger charge is 2.32. The number of alkyl halides is 6. The molecule has 0 unspecified atom stereocenters. The number of amides is 1. The van der Waals surface area contributed by atoms with Crippen molar-refractivity contribution in [3.63, 3.8) is 0 Å². The number of carbonyl (C=O) groups is 1. The van der Waals surface area contributed by atoms with Gasteiger partial charge in [0.05, 0.1) is 17.3 Å². The van der Waals surface area contributed by atoms with Crippen LogP contribution in [0, 0.1) is 11.3 Å². The molecular formula is C12H8F6N2O2. The predicted molar refractivity (Wildman–Crippen MR) is 61.9 cm³/mol. The third kappa shape index (κ3) is 5.51. The third-order valence-corrected chi connectivity index (χ3v) is 2.21. The molecular weight excluding hydrogens is 318 g/mol. The van der Waals surface area contributed by atoms with E-state index in [2.05, 4.69) is 4.74 Å². The molecule has 1 aromatic rings. The van der Waals surface area contributed by atoms with E-state index in [-0.39, 0.29) is 0 Å². The lowest BCUT2D eigenvalue weighted by Gasteiger charge is -2.15. The van der Waals surface area contributed by atoms with Crippen molar-refractivity contribution in [3.05, 3.63) is 23.8 Å². The van der Waals surface area contributed by atoms with Crippen LogP contribution in [0.1, 0.15) is 12.0 Å². The number of hydrogen-bond acceptors (Lipinski definition) is 3. The summed E-state index contributed by atoms with van der Waals surface area (Å²) in [6, 6.07) is 3.07. The first kappa shape index (κ1) is 17.6. The summed E-state index contributed by atoms with van der Waals surface area (Å²) in [7, 11) is 0. The van der Waals surface area contributed by atoms with E-state index in [0.29, 0.717) is 18.2 Å². The van der Waals surface area contributed by atoms with E-state index in [1.165, 1.54) is 6.07 Å². The largest absolute Gasteiger partial charge is 0.482 e. The van der Waals surface area contributed by atoms with Gasteiger partial charge in [-0.15, -0.1) is 0 Å². The van der Waals surface area contributed by atoms with Gasteiger partial charge < -0.3 is 10.1 Å². The SMILES string of the molecule is N#CCC(=O)Nc1cc(C(F)(F)F)ccc1OCC(F)(F)F. The standard InChI is InChI=1S/C12H8F6N2O2/c13-11(14,15)6-22-9-2-1-7(12(16,17)18)5-8(9)20-10(21)3-4-19/h1-2,5H,3,6H2,(H,20,21). The van der Waals surface area contributed by atoms with Crippen molar-refractivity contribution in [1.82, 2.24) is 0 Å². The van der Waals surface area contributed by atoms with Crippen molar-refractivity contribution in [3.8, 4) is 11.8 Å². The van der Waals surface area contributed by atoms with Gasteiger partial charge in [0, 0.05) is 0 Å². The van der Waals surface area contributed by atoms with Gasteiger partial charge in [-0.2, -0.15) is 31.6 Å². The summed E-state index contributed by atoms with van der Waals surface area (Å²) in [6.07, 6.45) is -10.1. The topological polar surface area (TPSA) is 62.1 Å². The Kier molecular flexibility index (Phi) is 5.24. The zero-order chi connectivity index (χ0) is 17.0. The first-order valence-corrected chi connectivity index (χ1v) is 5.60. The summed E-state index contributed by atoms with van der Waals surface area (Å²) < 4.78 is 78.3. The zero-order valence-electron chi connectivity index (χ0n) is 10.7. The summed E-state index contributed by atoms with van der Waals surface area (Å²) in [4.78, 5) is 11.2. The van der Waals surface area contributed by atoms with Gasteiger partial charge in [0.2, 0.25) is 5.91 Å². The number of carbonyl (C=O) groups excluding carboxylic acids is 1. The molecule has 0 aliphatic heterocycles. The van der Waals surface area contributed by atoms with E-state index in [4.69, 9.17) is 5.26 Å². The summed E-state index contributed by atoms with van der Waals surface area (Å²) in [5.74, 6) is -1.56. The summed E-state index contributed by atoms with van der Waals surface area (Å²) in [5.41, 5.74) is -1.78. The molecule has 1 rings (SSSR count). The van der Waals surface area contributed by atoms with Gasteiger partial charge in [-0.3, -0.25) is 4.79 Å². The molecule has 0 fully saturated rings. The molecule has 10 heteroatoms. The van der Waals surface area contributed by atoms with Gasteiger partial charge in [-0.1, -0.05) is 0 Å². The van der Waals surface area contributed by atoms with E-state index < -0.39 is 48.3 Å². The molecule has 0 spiro atoms. The quantitative estimate of drug-likeness (QED) is 0.862. The Hall–Kier alpha value is -2.44. The van der Waals surface area contributed by atoms with Crippen LogP contribution in [0.3, 0.4) is 0 Å². The van der Waals surface area contributed by atoms with Crippen LogP contribution in [0.2, 0.25) is 0 Å². The molecule has 1 aromatic carbocycles. The van der Waals surface area contributed by atoms with Gasteiger partial charge in [0.15, 0.2) is 6.61 Å². The van der Waals surface area contributed by atoms with Crippen LogP contribution in [-0.2, 0) is 11.0 Å². The van der Waals surface area contributed by atoms with Crippen LogP contribution in [-0.4, -0.2) is 18.7 Å². The summed E-state index contributed by atoms with van der Waals surface area (Å²) in [6.45, 7) is -1.74. The smallest absolute Gasteiger partial charge is 0.422 e. The minimum absolute atomic E-state index is 0.432. The molecule has 0 aliphatic rings. The molecule has 0 saturated heterocycles. The first-order chi connectivity index (χ1) is 10.0. The molecule has 0 atom stereocenters. The first-order valence-electron chi connectivity index (χ1n) is 5.60. The lowest BCUT2D eigenvalue weighted by atomic mass is 10.1. The Balaban J connectivity index is 3.09. The molecule has 120 valence electrons. The number of rotatable bonds is 4. The normalized spacial score (nSPS) is 11.7. The fraction of sp³-hybridized carbons (Fsp3) is 0.333. The number of halogens is 6. The van der Waals surface area contributed by atoms with Crippen molar-refractivity contribution in [2.45, 2.75) is 18.8 Å². The average molecular weight is 326 g/mol. The molecule has 0 heterocycles. The van der Waals surface area contributed by atoms with Gasteiger partial charge >= 0.3 is 12.4 Å². The second-order valence-electron chi connectivity index (χ2n) is 4.00. The minimum atomic E-state index is -4.75. The summed E-state index contributed by atoms with van der Waals surface area (Å²) in [5, 5.41) is 10.2. The monoisotopic (exact) mass is 326 g/mol. The van der Waals surface area contributed by atoms with E-state index in [9.17, 15) is 31.1 Å². The number of ether oxygens (including phenoxy) is 1. The fourth-order valence-electron chi connectivity index (χ4n) is 1.36. The molecule has 0 saturated carbocycles. The molecule has 0 aliphatic carbocycles. The van der Waals surface area contributed by atoms with Crippen molar-refractivity contribution in [2.75, 3.05) is 11.9 Å². The third-order valence-electron chi connectivity index (χ3n) is 2.21. The van der Waals surface area contributed by atoms with E-state index in [1.54, 1.807) is 0 Å². The Morgan fingerprint density at radius 1 is 1.23 bits per heavy atom.